The molecule has 0 N–H and O–H groups in total. The minimum Gasteiger partial charge on any atom is -0.368 e. The Morgan fingerprint density at radius 1 is 0.943 bits per heavy atom. The van der Waals surface area contributed by atoms with Crippen molar-refractivity contribution in [2.75, 3.05) is 18.0 Å². The number of hydrogen-bond donors (Lipinski definition) is 0. The molecule has 0 aliphatic carbocycles. The van der Waals surface area contributed by atoms with Gasteiger partial charge in [-0.15, -0.1) is 0 Å². The highest BCUT2D eigenvalue weighted by molar-refractivity contribution is 5.71. The Morgan fingerprint density at radius 2 is 1.66 bits per heavy atom. The zero-order valence-corrected chi connectivity index (χ0v) is 18.4. The van der Waals surface area contributed by atoms with E-state index >= 15 is 0 Å². The number of pyridine rings is 3. The van der Waals surface area contributed by atoms with Gasteiger partial charge in [-0.1, -0.05) is 0 Å². The van der Waals surface area contributed by atoms with Gasteiger partial charge in [0, 0.05) is 43.4 Å². The Kier molecular flexibility index (Phi) is 5.91. The van der Waals surface area contributed by atoms with E-state index in [1.165, 1.54) is 35.4 Å². The normalized spacial score (nSPS) is 15.0. The number of fused-ring (bicyclic) bond motifs is 1. The fraction of sp³-hybridized carbons (Fsp3) is 0.292. The van der Waals surface area contributed by atoms with Gasteiger partial charge < -0.3 is 4.90 Å². The molecule has 1 aliphatic heterocycles. The first-order chi connectivity index (χ1) is 16.8. The third kappa shape index (κ3) is 4.45. The first-order valence-corrected chi connectivity index (χ1v) is 11.0. The lowest BCUT2D eigenvalue weighted by molar-refractivity contribution is -0.138. The molecule has 0 amide bonds. The molecule has 1 aliphatic rings. The fourth-order valence-electron chi connectivity index (χ4n) is 4.57. The summed E-state index contributed by atoms with van der Waals surface area (Å²) >= 11 is 0. The summed E-state index contributed by atoms with van der Waals surface area (Å²) < 4.78 is 56.0. The molecule has 1 fully saturated rings. The van der Waals surface area contributed by atoms with Crippen LogP contribution in [-0.2, 0) is 12.7 Å². The summed E-state index contributed by atoms with van der Waals surface area (Å²) in [5.74, 6) is -0.716. The van der Waals surface area contributed by atoms with E-state index in [0.717, 1.165) is 6.07 Å². The third-order valence-corrected chi connectivity index (χ3v) is 6.26. The van der Waals surface area contributed by atoms with Crippen LogP contribution in [0.4, 0.5) is 23.2 Å². The molecule has 5 rings (SSSR count). The average Bonchev–Trinajstić information content (AvgIpc) is 2.86. The van der Waals surface area contributed by atoms with E-state index in [4.69, 9.17) is 0 Å². The number of alkyl halides is 3. The van der Waals surface area contributed by atoms with Crippen molar-refractivity contribution in [1.29, 1.82) is 0 Å². The molecule has 1 saturated heterocycles. The van der Waals surface area contributed by atoms with Gasteiger partial charge in [-0.05, 0) is 49.1 Å². The second-order valence-electron chi connectivity index (χ2n) is 8.33. The predicted molar refractivity (Wildman–Crippen MR) is 121 cm³/mol. The predicted octanol–water partition coefficient (Wildman–Crippen LogP) is 4.17. The zero-order chi connectivity index (χ0) is 24.6. The van der Waals surface area contributed by atoms with Crippen molar-refractivity contribution < 1.29 is 17.6 Å². The van der Waals surface area contributed by atoms with Gasteiger partial charge in [-0.25, -0.2) is 9.97 Å². The second-order valence-corrected chi connectivity index (χ2v) is 8.33. The van der Waals surface area contributed by atoms with E-state index in [9.17, 15) is 22.4 Å². The molecule has 11 heteroatoms. The Morgan fingerprint density at radius 3 is 2.40 bits per heavy atom. The van der Waals surface area contributed by atoms with Gasteiger partial charge in [-0.3, -0.25) is 19.3 Å². The molecule has 0 bridgehead atoms. The average molecular weight is 484 g/mol. The molecule has 0 radical (unpaired) electrons. The zero-order valence-electron chi connectivity index (χ0n) is 18.4. The Balaban J connectivity index is 1.51. The van der Waals surface area contributed by atoms with E-state index in [1.54, 1.807) is 18.2 Å². The molecule has 35 heavy (non-hydrogen) atoms. The van der Waals surface area contributed by atoms with Crippen LogP contribution in [0.1, 0.15) is 35.6 Å². The topological polar surface area (TPSA) is 76.8 Å². The van der Waals surface area contributed by atoms with Gasteiger partial charge in [0.25, 0.3) is 5.56 Å². The van der Waals surface area contributed by atoms with Crippen molar-refractivity contribution in [1.82, 2.24) is 24.5 Å². The van der Waals surface area contributed by atoms with E-state index in [0.29, 0.717) is 42.7 Å². The molecule has 7 nitrogen and oxygen atoms in total. The van der Waals surface area contributed by atoms with Crippen LogP contribution in [0.2, 0.25) is 0 Å². The van der Waals surface area contributed by atoms with Gasteiger partial charge in [-0.2, -0.15) is 17.6 Å². The van der Waals surface area contributed by atoms with Crippen LogP contribution >= 0.6 is 0 Å². The van der Waals surface area contributed by atoms with Crippen LogP contribution in [0.25, 0.3) is 11.2 Å². The van der Waals surface area contributed by atoms with Crippen LogP contribution in [0.5, 0.6) is 0 Å². The maximum atomic E-state index is 14.1. The number of aromatic nitrogens is 5. The van der Waals surface area contributed by atoms with Gasteiger partial charge in [0.15, 0.2) is 5.65 Å². The van der Waals surface area contributed by atoms with Crippen LogP contribution < -0.4 is 10.5 Å². The monoisotopic (exact) mass is 484 g/mol. The number of piperidine rings is 1. The molecule has 0 spiro atoms. The SMILES string of the molecule is O=c1c(C2CCN(c3cccnc3F)CC2)cc2nccnc2n1Cc1ncccc1C(F)(F)F. The van der Waals surface area contributed by atoms with E-state index < -0.39 is 29.8 Å². The van der Waals surface area contributed by atoms with E-state index in [2.05, 4.69) is 19.9 Å². The van der Waals surface area contributed by atoms with Crippen LogP contribution in [0, 0.1) is 5.95 Å². The van der Waals surface area contributed by atoms with Crippen molar-refractivity contribution in [3.8, 4) is 0 Å². The summed E-state index contributed by atoms with van der Waals surface area (Å²) in [5.41, 5.74) is -0.143. The molecule has 0 aromatic carbocycles. The molecular weight excluding hydrogens is 464 g/mol. The maximum Gasteiger partial charge on any atom is 0.418 e. The van der Waals surface area contributed by atoms with Crippen molar-refractivity contribution in [3.05, 3.63) is 88.2 Å². The van der Waals surface area contributed by atoms with Crippen LogP contribution in [0.15, 0.2) is 59.9 Å². The fourth-order valence-corrected chi connectivity index (χ4v) is 4.57. The lowest BCUT2D eigenvalue weighted by atomic mass is 9.89. The van der Waals surface area contributed by atoms with Gasteiger partial charge in [0.2, 0.25) is 5.95 Å². The Labute approximate surface area is 197 Å². The second kappa shape index (κ2) is 9.05. The summed E-state index contributed by atoms with van der Waals surface area (Å²) in [5, 5.41) is 0. The third-order valence-electron chi connectivity index (χ3n) is 6.26. The van der Waals surface area contributed by atoms with Gasteiger partial charge in [0.05, 0.1) is 23.5 Å². The van der Waals surface area contributed by atoms with Crippen molar-refractivity contribution >= 4 is 16.9 Å². The summed E-state index contributed by atoms with van der Waals surface area (Å²) in [6, 6.07) is 7.14. The van der Waals surface area contributed by atoms with Gasteiger partial charge in [0.1, 0.15) is 5.52 Å². The summed E-state index contributed by atoms with van der Waals surface area (Å²) in [7, 11) is 0. The first-order valence-electron chi connectivity index (χ1n) is 11.0. The number of hydrogen-bond acceptors (Lipinski definition) is 6. The molecule has 0 unspecified atom stereocenters. The standard InChI is InChI=1S/C24H20F4N6O/c25-21-20(4-2-8-31-21)33-11-5-15(6-12-33)16-13-18-22(32-10-9-30-18)34(23(16)35)14-19-17(24(26,27)28)3-1-7-29-19/h1-4,7-10,13,15H,5-6,11-12,14H2. The van der Waals surface area contributed by atoms with Crippen molar-refractivity contribution in [3.63, 3.8) is 0 Å². The molecule has 0 atom stereocenters. The molecule has 180 valence electrons. The molecule has 4 aromatic heterocycles. The quantitative estimate of drug-likeness (QED) is 0.320. The molecule has 5 heterocycles. The van der Waals surface area contributed by atoms with Gasteiger partial charge >= 0.3 is 6.18 Å². The van der Waals surface area contributed by atoms with Crippen LogP contribution in [-0.4, -0.2) is 37.6 Å². The Hall–Kier alpha value is -3.89. The lowest BCUT2D eigenvalue weighted by Crippen LogP contribution is -2.36. The Bertz CT molecular complexity index is 1430. The smallest absolute Gasteiger partial charge is 0.368 e. The molecule has 0 saturated carbocycles. The minimum absolute atomic E-state index is 0.165. The number of rotatable bonds is 4. The van der Waals surface area contributed by atoms with E-state index in [-0.39, 0.29) is 17.3 Å². The van der Waals surface area contributed by atoms with Crippen LogP contribution in [0.3, 0.4) is 0 Å². The largest absolute Gasteiger partial charge is 0.418 e. The highest BCUT2D eigenvalue weighted by atomic mass is 19.4. The van der Waals surface area contributed by atoms with Crippen molar-refractivity contribution in [2.45, 2.75) is 31.5 Å². The highest BCUT2D eigenvalue weighted by Crippen LogP contribution is 2.33. The molecular formula is C24H20F4N6O. The maximum absolute atomic E-state index is 14.1. The highest BCUT2D eigenvalue weighted by Gasteiger charge is 2.34. The minimum atomic E-state index is -4.61. The van der Waals surface area contributed by atoms with Crippen molar-refractivity contribution in [2.24, 2.45) is 0 Å². The summed E-state index contributed by atoms with van der Waals surface area (Å²) in [6.45, 7) is 0.616. The number of halogens is 4. The van der Waals surface area contributed by atoms with E-state index in [1.807, 2.05) is 4.90 Å². The number of anilines is 1. The first kappa shape index (κ1) is 22.9. The summed E-state index contributed by atoms with van der Waals surface area (Å²) in [4.78, 5) is 31.5. The number of nitrogens with zero attached hydrogens (tertiary/aromatic N) is 6. The molecule has 4 aromatic rings. The summed E-state index contributed by atoms with van der Waals surface area (Å²) in [6.07, 6.45) is 2.02. The lowest BCUT2D eigenvalue weighted by Gasteiger charge is -2.33.